The Morgan fingerprint density at radius 3 is 2.42 bits per heavy atom. The fraction of sp³-hybridized carbons (Fsp3) is 0.368. The Labute approximate surface area is 156 Å². The Hall–Kier alpha value is -2.54. The van der Waals surface area contributed by atoms with Crippen molar-refractivity contribution in [2.24, 2.45) is 0 Å². The SMILES string of the molecule is CCOC(=O)c1c(NC(=O)c2cc(OC)cc(OC)c2)sc2c1CCC2. The molecule has 138 valence electrons. The van der Waals surface area contributed by atoms with E-state index in [1.165, 1.54) is 25.6 Å². The van der Waals surface area contributed by atoms with E-state index in [1.807, 2.05) is 0 Å². The van der Waals surface area contributed by atoms with Crippen molar-refractivity contribution in [2.45, 2.75) is 26.2 Å². The molecule has 2 aromatic rings. The van der Waals surface area contributed by atoms with Gasteiger partial charge in [0.25, 0.3) is 5.91 Å². The lowest BCUT2D eigenvalue weighted by molar-refractivity contribution is 0.0527. The molecule has 7 heteroatoms. The first kappa shape index (κ1) is 18.3. The van der Waals surface area contributed by atoms with Crippen molar-refractivity contribution in [2.75, 3.05) is 26.1 Å². The summed E-state index contributed by atoms with van der Waals surface area (Å²) < 4.78 is 15.6. The maximum absolute atomic E-state index is 12.7. The molecular weight excluding hydrogens is 354 g/mol. The van der Waals surface area contributed by atoms with Crippen molar-refractivity contribution in [1.29, 1.82) is 0 Å². The van der Waals surface area contributed by atoms with Gasteiger partial charge in [-0.2, -0.15) is 0 Å². The molecule has 1 heterocycles. The van der Waals surface area contributed by atoms with Crippen LogP contribution in [0, 0.1) is 0 Å². The molecule has 0 spiro atoms. The minimum atomic E-state index is -0.384. The summed E-state index contributed by atoms with van der Waals surface area (Å²) in [6.07, 6.45) is 2.78. The van der Waals surface area contributed by atoms with Crippen LogP contribution >= 0.6 is 11.3 Å². The average molecular weight is 375 g/mol. The van der Waals surface area contributed by atoms with Crippen LogP contribution in [-0.4, -0.2) is 32.7 Å². The Morgan fingerprint density at radius 1 is 1.12 bits per heavy atom. The summed E-state index contributed by atoms with van der Waals surface area (Å²) in [5.41, 5.74) is 1.89. The van der Waals surface area contributed by atoms with Crippen LogP contribution in [0.15, 0.2) is 18.2 Å². The van der Waals surface area contributed by atoms with Crippen LogP contribution in [-0.2, 0) is 17.6 Å². The maximum Gasteiger partial charge on any atom is 0.341 e. The summed E-state index contributed by atoms with van der Waals surface area (Å²) in [4.78, 5) is 26.3. The molecule has 1 N–H and O–H groups in total. The van der Waals surface area contributed by atoms with Crippen LogP contribution in [0.5, 0.6) is 11.5 Å². The number of thiophene rings is 1. The van der Waals surface area contributed by atoms with Crippen LogP contribution in [0.4, 0.5) is 5.00 Å². The number of carbonyl (C=O) groups excluding carboxylic acids is 2. The van der Waals surface area contributed by atoms with Gasteiger partial charge in [0.05, 0.1) is 26.4 Å². The summed E-state index contributed by atoms with van der Waals surface area (Å²) >= 11 is 1.45. The Kier molecular flexibility index (Phi) is 5.46. The largest absolute Gasteiger partial charge is 0.497 e. The third-order valence-electron chi connectivity index (χ3n) is 4.24. The standard InChI is InChI=1S/C19H21NO5S/c1-4-25-19(22)16-14-6-5-7-15(14)26-18(16)20-17(21)11-8-12(23-2)10-13(9-11)24-3/h8-10H,4-7H2,1-3H3,(H,20,21). The number of carbonyl (C=O) groups is 2. The number of hydrogen-bond acceptors (Lipinski definition) is 6. The maximum atomic E-state index is 12.7. The number of anilines is 1. The van der Waals surface area contributed by atoms with Crippen LogP contribution in [0.2, 0.25) is 0 Å². The molecule has 0 atom stereocenters. The fourth-order valence-electron chi connectivity index (χ4n) is 3.03. The van der Waals surface area contributed by atoms with Gasteiger partial charge in [0.2, 0.25) is 0 Å². The Bertz CT molecular complexity index is 820. The first-order chi connectivity index (χ1) is 12.6. The fourth-order valence-corrected chi connectivity index (χ4v) is 4.30. The van der Waals surface area contributed by atoms with Crippen LogP contribution in [0.3, 0.4) is 0 Å². The first-order valence-corrected chi connectivity index (χ1v) is 9.25. The highest BCUT2D eigenvalue weighted by molar-refractivity contribution is 7.17. The molecular formula is C19H21NO5S. The number of fused-ring (bicyclic) bond motifs is 1. The van der Waals surface area contributed by atoms with Gasteiger partial charge in [-0.3, -0.25) is 4.79 Å². The van der Waals surface area contributed by atoms with E-state index in [4.69, 9.17) is 14.2 Å². The summed E-state index contributed by atoms with van der Waals surface area (Å²) in [5, 5.41) is 3.41. The molecule has 0 aliphatic heterocycles. The van der Waals surface area contributed by atoms with Gasteiger partial charge in [-0.15, -0.1) is 11.3 Å². The topological polar surface area (TPSA) is 73.9 Å². The lowest BCUT2D eigenvalue weighted by Crippen LogP contribution is -2.15. The predicted octanol–water partition coefficient (Wildman–Crippen LogP) is 3.68. The minimum absolute atomic E-state index is 0.296. The van der Waals surface area contributed by atoms with Crippen molar-refractivity contribution in [1.82, 2.24) is 0 Å². The monoisotopic (exact) mass is 375 g/mol. The number of benzene rings is 1. The summed E-state index contributed by atoms with van der Waals surface area (Å²) in [6.45, 7) is 2.06. The van der Waals surface area contributed by atoms with Gasteiger partial charge in [0.1, 0.15) is 16.5 Å². The Balaban J connectivity index is 1.92. The quantitative estimate of drug-likeness (QED) is 0.780. The summed E-state index contributed by atoms with van der Waals surface area (Å²) in [5.74, 6) is 0.334. The number of esters is 1. The number of methoxy groups -OCH3 is 2. The van der Waals surface area contributed by atoms with Crippen molar-refractivity contribution >= 4 is 28.2 Å². The molecule has 1 aliphatic rings. The highest BCUT2D eigenvalue weighted by atomic mass is 32.1. The number of amides is 1. The lowest BCUT2D eigenvalue weighted by atomic mass is 10.1. The molecule has 3 rings (SSSR count). The molecule has 1 amide bonds. The van der Waals surface area contributed by atoms with E-state index < -0.39 is 0 Å². The van der Waals surface area contributed by atoms with Gasteiger partial charge in [0.15, 0.2) is 0 Å². The highest BCUT2D eigenvalue weighted by Crippen LogP contribution is 2.39. The molecule has 0 radical (unpaired) electrons. The van der Waals surface area contributed by atoms with Crippen LogP contribution in [0.1, 0.15) is 44.5 Å². The second-order valence-corrected chi connectivity index (χ2v) is 6.94. The Morgan fingerprint density at radius 2 is 1.81 bits per heavy atom. The molecule has 0 unspecified atom stereocenters. The predicted molar refractivity (Wildman–Crippen MR) is 99.8 cm³/mol. The van der Waals surface area contributed by atoms with Gasteiger partial charge >= 0.3 is 5.97 Å². The molecule has 1 aliphatic carbocycles. The van der Waals surface area contributed by atoms with E-state index in [2.05, 4.69) is 5.32 Å². The zero-order valence-electron chi connectivity index (χ0n) is 15.0. The van der Waals surface area contributed by atoms with Gasteiger partial charge < -0.3 is 19.5 Å². The van der Waals surface area contributed by atoms with Gasteiger partial charge in [-0.25, -0.2) is 4.79 Å². The smallest absolute Gasteiger partial charge is 0.341 e. The molecule has 0 saturated carbocycles. The summed E-state index contributed by atoms with van der Waals surface area (Å²) in [6, 6.07) is 4.95. The molecule has 1 aromatic carbocycles. The van der Waals surface area contributed by atoms with Gasteiger partial charge in [0, 0.05) is 16.5 Å². The normalized spacial score (nSPS) is 12.4. The highest BCUT2D eigenvalue weighted by Gasteiger charge is 2.28. The molecule has 0 bridgehead atoms. The van der Waals surface area contributed by atoms with Crippen LogP contribution < -0.4 is 14.8 Å². The minimum Gasteiger partial charge on any atom is -0.497 e. The third kappa shape index (κ3) is 3.53. The van der Waals surface area contributed by atoms with Crippen molar-refractivity contribution < 1.29 is 23.8 Å². The second kappa shape index (κ2) is 7.78. The molecule has 26 heavy (non-hydrogen) atoms. The van der Waals surface area contributed by atoms with Crippen molar-refractivity contribution in [3.8, 4) is 11.5 Å². The van der Waals surface area contributed by atoms with Crippen LogP contribution in [0.25, 0.3) is 0 Å². The molecule has 6 nitrogen and oxygen atoms in total. The first-order valence-electron chi connectivity index (χ1n) is 8.43. The number of hydrogen-bond donors (Lipinski definition) is 1. The van der Waals surface area contributed by atoms with E-state index in [-0.39, 0.29) is 11.9 Å². The third-order valence-corrected chi connectivity index (χ3v) is 5.45. The van der Waals surface area contributed by atoms with Gasteiger partial charge in [-0.1, -0.05) is 0 Å². The van der Waals surface area contributed by atoms with E-state index in [1.54, 1.807) is 25.1 Å². The number of ether oxygens (including phenoxy) is 3. The lowest BCUT2D eigenvalue weighted by Gasteiger charge is -2.10. The average Bonchev–Trinajstić information content (AvgIpc) is 3.21. The number of rotatable bonds is 6. The number of aryl methyl sites for hydroxylation is 1. The van der Waals surface area contributed by atoms with Crippen molar-refractivity contribution in [3.05, 3.63) is 39.8 Å². The molecule has 0 fully saturated rings. The molecule has 1 aromatic heterocycles. The van der Waals surface area contributed by atoms with E-state index in [0.717, 1.165) is 29.7 Å². The van der Waals surface area contributed by atoms with E-state index in [9.17, 15) is 9.59 Å². The zero-order chi connectivity index (χ0) is 18.7. The zero-order valence-corrected chi connectivity index (χ0v) is 15.8. The number of nitrogens with one attached hydrogen (secondary N) is 1. The molecule has 0 saturated heterocycles. The summed E-state index contributed by atoms with van der Waals surface area (Å²) in [7, 11) is 3.05. The van der Waals surface area contributed by atoms with E-state index >= 15 is 0 Å². The van der Waals surface area contributed by atoms with E-state index in [0.29, 0.717) is 34.2 Å². The second-order valence-electron chi connectivity index (χ2n) is 5.84. The van der Waals surface area contributed by atoms with Crippen molar-refractivity contribution in [3.63, 3.8) is 0 Å². The van der Waals surface area contributed by atoms with Gasteiger partial charge in [-0.05, 0) is 43.9 Å².